The molecule has 84 valence electrons. The highest BCUT2D eigenvalue weighted by molar-refractivity contribution is 6.30. The number of halogens is 1. The largest absolute Gasteiger partial charge is 0.376 e. The van der Waals surface area contributed by atoms with Crippen LogP contribution in [0.4, 0.5) is 0 Å². The van der Waals surface area contributed by atoms with Crippen LogP contribution in [0.15, 0.2) is 54.6 Å². The first-order valence-corrected chi connectivity index (χ1v) is 5.63. The van der Waals surface area contributed by atoms with E-state index in [1.165, 1.54) is 0 Å². The van der Waals surface area contributed by atoms with Crippen LogP contribution in [0.5, 0.6) is 0 Å². The molecular formula is C15H11ClO. The fourth-order valence-electron chi connectivity index (χ4n) is 1.43. The lowest BCUT2D eigenvalue weighted by Gasteiger charge is -2.03. The standard InChI is InChI=1S/C15H11ClO/c16-14-8-4-7-13(11-14)15(17)10-9-12-5-2-1-3-6-12/h1-8,11,15,17H/t15-/m0/s1. The first-order chi connectivity index (χ1) is 8.25. The Labute approximate surface area is 106 Å². The van der Waals surface area contributed by atoms with E-state index in [2.05, 4.69) is 11.8 Å². The maximum atomic E-state index is 9.87. The zero-order valence-electron chi connectivity index (χ0n) is 9.10. The van der Waals surface area contributed by atoms with Crippen LogP contribution < -0.4 is 0 Å². The van der Waals surface area contributed by atoms with Crippen LogP contribution in [0, 0.1) is 11.8 Å². The van der Waals surface area contributed by atoms with Crippen molar-refractivity contribution < 1.29 is 5.11 Å². The highest BCUT2D eigenvalue weighted by Crippen LogP contribution is 2.17. The number of benzene rings is 2. The van der Waals surface area contributed by atoms with Crippen molar-refractivity contribution in [3.05, 3.63) is 70.7 Å². The summed E-state index contributed by atoms with van der Waals surface area (Å²) in [6.07, 6.45) is -0.811. The molecule has 0 fully saturated rings. The second-order valence-electron chi connectivity index (χ2n) is 3.59. The third-order valence-corrected chi connectivity index (χ3v) is 2.53. The Hall–Kier alpha value is -1.75. The van der Waals surface area contributed by atoms with Crippen molar-refractivity contribution in [1.29, 1.82) is 0 Å². The van der Waals surface area contributed by atoms with Crippen LogP contribution in [-0.2, 0) is 0 Å². The van der Waals surface area contributed by atoms with Crippen LogP contribution in [0.25, 0.3) is 0 Å². The lowest BCUT2D eigenvalue weighted by molar-refractivity contribution is 0.238. The number of rotatable bonds is 1. The molecule has 0 aliphatic rings. The Morgan fingerprint density at radius 3 is 2.47 bits per heavy atom. The van der Waals surface area contributed by atoms with Gasteiger partial charge in [-0.2, -0.15) is 0 Å². The molecule has 0 aliphatic carbocycles. The Kier molecular flexibility index (Phi) is 3.82. The number of hydrogen-bond donors (Lipinski definition) is 1. The molecule has 0 heterocycles. The van der Waals surface area contributed by atoms with Gasteiger partial charge in [-0.15, -0.1) is 0 Å². The first-order valence-electron chi connectivity index (χ1n) is 5.26. The van der Waals surface area contributed by atoms with Gasteiger partial charge in [0.1, 0.15) is 6.10 Å². The summed E-state index contributed by atoms with van der Waals surface area (Å²) in [6, 6.07) is 16.6. The summed E-state index contributed by atoms with van der Waals surface area (Å²) in [7, 11) is 0. The third-order valence-electron chi connectivity index (χ3n) is 2.29. The SMILES string of the molecule is O[C@@H](C#Cc1ccccc1)c1cccc(Cl)c1. The van der Waals surface area contributed by atoms with Gasteiger partial charge in [0.2, 0.25) is 0 Å². The van der Waals surface area contributed by atoms with Gasteiger partial charge in [0.25, 0.3) is 0 Å². The number of hydrogen-bond acceptors (Lipinski definition) is 1. The molecule has 0 unspecified atom stereocenters. The van der Waals surface area contributed by atoms with Gasteiger partial charge in [-0.1, -0.05) is 53.8 Å². The van der Waals surface area contributed by atoms with Crippen LogP contribution in [0.3, 0.4) is 0 Å². The average molecular weight is 243 g/mol. The highest BCUT2D eigenvalue weighted by Gasteiger charge is 2.03. The van der Waals surface area contributed by atoms with E-state index in [-0.39, 0.29) is 0 Å². The summed E-state index contributed by atoms with van der Waals surface area (Å²) in [5, 5.41) is 10.5. The van der Waals surface area contributed by atoms with E-state index < -0.39 is 6.10 Å². The van der Waals surface area contributed by atoms with Crippen molar-refractivity contribution in [2.75, 3.05) is 0 Å². The Morgan fingerprint density at radius 2 is 1.76 bits per heavy atom. The monoisotopic (exact) mass is 242 g/mol. The van der Waals surface area contributed by atoms with Gasteiger partial charge in [-0.3, -0.25) is 0 Å². The van der Waals surface area contributed by atoms with E-state index in [1.807, 2.05) is 30.3 Å². The molecule has 0 saturated heterocycles. The Bertz CT molecular complexity index is 552. The first kappa shape index (κ1) is 11.7. The zero-order valence-corrected chi connectivity index (χ0v) is 9.85. The molecule has 0 saturated carbocycles. The molecule has 0 aliphatic heterocycles. The van der Waals surface area contributed by atoms with Crippen molar-refractivity contribution in [1.82, 2.24) is 0 Å². The summed E-state index contributed by atoms with van der Waals surface area (Å²) >= 11 is 5.85. The lowest BCUT2D eigenvalue weighted by Crippen LogP contribution is -1.93. The van der Waals surface area contributed by atoms with Crippen LogP contribution >= 0.6 is 11.6 Å². The third kappa shape index (κ3) is 3.35. The van der Waals surface area contributed by atoms with Gasteiger partial charge < -0.3 is 5.11 Å². The van der Waals surface area contributed by atoms with Crippen LogP contribution in [-0.4, -0.2) is 5.11 Å². The minimum Gasteiger partial charge on any atom is -0.376 e. The molecule has 17 heavy (non-hydrogen) atoms. The van der Waals surface area contributed by atoms with Gasteiger partial charge in [-0.05, 0) is 29.8 Å². The molecule has 2 heteroatoms. The second kappa shape index (κ2) is 5.54. The molecular weight excluding hydrogens is 232 g/mol. The summed E-state index contributed by atoms with van der Waals surface area (Å²) < 4.78 is 0. The Balaban J connectivity index is 2.18. The zero-order chi connectivity index (χ0) is 12.1. The van der Waals surface area contributed by atoms with Crippen molar-refractivity contribution in [2.24, 2.45) is 0 Å². The molecule has 0 bridgehead atoms. The van der Waals surface area contributed by atoms with E-state index in [0.29, 0.717) is 10.6 Å². The normalized spacial score (nSPS) is 11.4. The highest BCUT2D eigenvalue weighted by atomic mass is 35.5. The van der Waals surface area contributed by atoms with E-state index in [4.69, 9.17) is 11.6 Å². The van der Waals surface area contributed by atoms with Gasteiger partial charge in [-0.25, -0.2) is 0 Å². The summed E-state index contributed by atoms with van der Waals surface area (Å²) in [5.41, 5.74) is 1.59. The van der Waals surface area contributed by atoms with Gasteiger partial charge in [0.15, 0.2) is 0 Å². The molecule has 2 aromatic rings. The Morgan fingerprint density at radius 1 is 1.00 bits per heavy atom. The second-order valence-corrected chi connectivity index (χ2v) is 4.03. The lowest BCUT2D eigenvalue weighted by atomic mass is 10.1. The summed E-state index contributed by atoms with van der Waals surface area (Å²) in [6.45, 7) is 0. The fourth-order valence-corrected chi connectivity index (χ4v) is 1.63. The maximum absolute atomic E-state index is 9.87. The van der Waals surface area contributed by atoms with E-state index in [9.17, 15) is 5.11 Å². The molecule has 0 radical (unpaired) electrons. The quantitative estimate of drug-likeness (QED) is 0.760. The van der Waals surface area contributed by atoms with Crippen LogP contribution in [0.2, 0.25) is 5.02 Å². The summed E-state index contributed by atoms with van der Waals surface area (Å²) in [4.78, 5) is 0. The maximum Gasteiger partial charge on any atom is 0.140 e. The van der Waals surface area contributed by atoms with Crippen molar-refractivity contribution >= 4 is 11.6 Å². The molecule has 1 N–H and O–H groups in total. The topological polar surface area (TPSA) is 20.2 Å². The smallest absolute Gasteiger partial charge is 0.140 e. The molecule has 1 nitrogen and oxygen atoms in total. The van der Waals surface area contributed by atoms with Crippen molar-refractivity contribution in [2.45, 2.75) is 6.10 Å². The molecule has 2 aromatic carbocycles. The summed E-state index contributed by atoms with van der Waals surface area (Å²) in [5.74, 6) is 5.71. The van der Waals surface area contributed by atoms with Crippen LogP contribution in [0.1, 0.15) is 17.2 Å². The number of aliphatic hydroxyl groups excluding tert-OH is 1. The predicted molar refractivity (Wildman–Crippen MR) is 69.7 cm³/mol. The minimum atomic E-state index is -0.811. The van der Waals surface area contributed by atoms with Gasteiger partial charge >= 0.3 is 0 Å². The minimum absolute atomic E-state index is 0.600. The molecule has 2 rings (SSSR count). The average Bonchev–Trinajstić information content (AvgIpc) is 2.37. The molecule has 0 amide bonds. The predicted octanol–water partition coefficient (Wildman–Crippen LogP) is 3.43. The fraction of sp³-hybridized carbons (Fsp3) is 0.0667. The van der Waals surface area contributed by atoms with E-state index >= 15 is 0 Å². The van der Waals surface area contributed by atoms with E-state index in [1.54, 1.807) is 24.3 Å². The number of aliphatic hydroxyl groups is 1. The molecule has 1 atom stereocenters. The van der Waals surface area contributed by atoms with Crippen molar-refractivity contribution in [3.63, 3.8) is 0 Å². The van der Waals surface area contributed by atoms with Gasteiger partial charge in [0, 0.05) is 10.6 Å². The molecule has 0 spiro atoms. The molecule has 0 aromatic heterocycles. The van der Waals surface area contributed by atoms with E-state index in [0.717, 1.165) is 5.56 Å². The van der Waals surface area contributed by atoms with Crippen molar-refractivity contribution in [3.8, 4) is 11.8 Å². The van der Waals surface area contributed by atoms with Gasteiger partial charge in [0.05, 0.1) is 0 Å².